The van der Waals surface area contributed by atoms with E-state index in [0.717, 1.165) is 62.9 Å². The summed E-state index contributed by atoms with van der Waals surface area (Å²) in [7, 11) is -3.32. The first-order chi connectivity index (χ1) is 13.1. The zero-order valence-corrected chi connectivity index (χ0v) is 21.6. The van der Waals surface area contributed by atoms with Crippen LogP contribution in [0.2, 0.25) is 39.3 Å². The first kappa shape index (κ1) is 25.5. The molecule has 1 aliphatic rings. The van der Waals surface area contributed by atoms with E-state index in [9.17, 15) is 4.79 Å². The molecule has 164 valence electrons. The highest BCUT2D eigenvalue weighted by molar-refractivity contribution is 6.70. The van der Waals surface area contributed by atoms with Gasteiger partial charge in [-0.1, -0.05) is 38.5 Å². The second kappa shape index (κ2) is 12.9. The fourth-order valence-electron chi connectivity index (χ4n) is 3.64. The summed E-state index contributed by atoms with van der Waals surface area (Å²) in [6.45, 7) is 13.6. The van der Waals surface area contributed by atoms with E-state index in [1.54, 1.807) is 0 Å². The molecule has 3 nitrogen and oxygen atoms in total. The molecular weight excluding hydrogens is 380 g/mol. The number of Topliss-reactive ketones (excluding diaryl/α,β-unsaturated/α-hetero) is 1. The topological polar surface area (TPSA) is 35.5 Å². The minimum absolute atomic E-state index is 0.475. The zero-order chi connectivity index (χ0) is 21.0. The van der Waals surface area contributed by atoms with Crippen molar-refractivity contribution >= 4 is 22.4 Å². The third-order valence-electron chi connectivity index (χ3n) is 4.89. The van der Waals surface area contributed by atoms with Gasteiger partial charge in [0.1, 0.15) is 17.3 Å². The number of hydrogen-bond acceptors (Lipinski definition) is 3. The Bertz CT molecular complexity index is 445. The molecule has 1 aliphatic carbocycles. The summed E-state index contributed by atoms with van der Waals surface area (Å²) < 4.78 is 13.1. The SMILES string of the molecule is C[Si](C)(C)O/C1=C(/O[Si](C)(C)C)CCCCCCCC(=O)CCCCCCC1. The number of carbonyl (C=O) groups excluding carboxylic acids is 1. The van der Waals surface area contributed by atoms with Crippen molar-refractivity contribution in [3.8, 4) is 0 Å². The smallest absolute Gasteiger partial charge is 0.241 e. The minimum atomic E-state index is -1.66. The molecule has 0 aromatic heterocycles. The van der Waals surface area contributed by atoms with E-state index < -0.39 is 16.6 Å². The maximum absolute atomic E-state index is 12.0. The molecule has 0 spiro atoms. The van der Waals surface area contributed by atoms with Crippen molar-refractivity contribution in [1.82, 2.24) is 0 Å². The highest BCUT2D eigenvalue weighted by Gasteiger charge is 2.24. The average molecular weight is 427 g/mol. The van der Waals surface area contributed by atoms with Crippen molar-refractivity contribution in [1.29, 1.82) is 0 Å². The number of allylic oxidation sites excluding steroid dienone is 2. The van der Waals surface area contributed by atoms with Gasteiger partial charge < -0.3 is 8.85 Å². The number of hydrogen-bond donors (Lipinski definition) is 0. The molecule has 0 amide bonds. The Morgan fingerprint density at radius 1 is 0.500 bits per heavy atom. The molecule has 0 saturated heterocycles. The summed E-state index contributed by atoms with van der Waals surface area (Å²) in [4.78, 5) is 12.0. The van der Waals surface area contributed by atoms with Gasteiger partial charge in [0.25, 0.3) is 0 Å². The van der Waals surface area contributed by atoms with Gasteiger partial charge in [-0.3, -0.25) is 4.79 Å². The van der Waals surface area contributed by atoms with Crippen LogP contribution in [-0.2, 0) is 13.6 Å². The Labute approximate surface area is 176 Å². The van der Waals surface area contributed by atoms with Gasteiger partial charge in [0.15, 0.2) is 0 Å². The summed E-state index contributed by atoms with van der Waals surface area (Å²) in [5.41, 5.74) is 0. The standard InChI is InChI=1S/C23H46O3Si2/c1-27(2,3)25-22-19-15-11-7-9-13-17-21(24)18-14-10-8-12-16-20-23(22)26-28(4,5)6/h7-20H2,1-6H3/b23-22+. The van der Waals surface area contributed by atoms with Crippen molar-refractivity contribution in [2.45, 2.75) is 129 Å². The molecule has 28 heavy (non-hydrogen) atoms. The van der Waals surface area contributed by atoms with Gasteiger partial charge in [0.2, 0.25) is 16.6 Å². The largest absolute Gasteiger partial charge is 0.545 e. The fourth-order valence-corrected chi connectivity index (χ4v) is 5.55. The Hall–Kier alpha value is -0.556. The van der Waals surface area contributed by atoms with Crippen LogP contribution < -0.4 is 0 Å². The predicted molar refractivity (Wildman–Crippen MR) is 126 cm³/mol. The van der Waals surface area contributed by atoms with Crippen LogP contribution in [0.25, 0.3) is 0 Å². The highest BCUT2D eigenvalue weighted by Crippen LogP contribution is 2.27. The molecule has 0 saturated carbocycles. The lowest BCUT2D eigenvalue weighted by molar-refractivity contribution is -0.119. The predicted octanol–water partition coefficient (Wildman–Crippen LogP) is 7.95. The second-order valence-electron chi connectivity index (χ2n) is 10.3. The number of rotatable bonds is 4. The Balaban J connectivity index is 2.86. The summed E-state index contributed by atoms with van der Waals surface area (Å²) in [5.74, 6) is 2.78. The van der Waals surface area contributed by atoms with Gasteiger partial charge in [-0.2, -0.15) is 0 Å². The van der Waals surface area contributed by atoms with Crippen molar-refractivity contribution < 1.29 is 13.6 Å². The maximum Gasteiger partial charge on any atom is 0.241 e. The van der Waals surface area contributed by atoms with Crippen LogP contribution in [0.5, 0.6) is 0 Å². The van der Waals surface area contributed by atoms with E-state index in [-0.39, 0.29) is 0 Å². The molecule has 0 N–H and O–H groups in total. The molecule has 0 fully saturated rings. The Morgan fingerprint density at radius 3 is 1.11 bits per heavy atom. The lowest BCUT2D eigenvalue weighted by Gasteiger charge is -2.29. The Kier molecular flexibility index (Phi) is 11.7. The van der Waals surface area contributed by atoms with Crippen LogP contribution in [0.4, 0.5) is 0 Å². The lowest BCUT2D eigenvalue weighted by atomic mass is 10.0. The second-order valence-corrected chi connectivity index (χ2v) is 19.2. The first-order valence-electron chi connectivity index (χ1n) is 11.7. The Morgan fingerprint density at radius 2 is 0.786 bits per heavy atom. The molecule has 0 aromatic carbocycles. The van der Waals surface area contributed by atoms with E-state index in [4.69, 9.17) is 8.85 Å². The van der Waals surface area contributed by atoms with E-state index in [2.05, 4.69) is 39.3 Å². The van der Waals surface area contributed by atoms with Crippen LogP contribution >= 0.6 is 0 Å². The van der Waals surface area contributed by atoms with Crippen molar-refractivity contribution in [3.05, 3.63) is 11.5 Å². The molecule has 0 radical (unpaired) electrons. The lowest BCUT2D eigenvalue weighted by Crippen LogP contribution is -2.29. The normalized spacial score (nSPS) is 23.1. The van der Waals surface area contributed by atoms with Gasteiger partial charge in [0, 0.05) is 25.7 Å². The van der Waals surface area contributed by atoms with Crippen LogP contribution in [-0.4, -0.2) is 22.4 Å². The van der Waals surface area contributed by atoms with Gasteiger partial charge in [-0.15, -0.1) is 0 Å². The molecule has 0 aliphatic heterocycles. The van der Waals surface area contributed by atoms with Gasteiger partial charge in [-0.25, -0.2) is 0 Å². The summed E-state index contributed by atoms with van der Waals surface area (Å²) in [5, 5.41) is 0. The third kappa shape index (κ3) is 13.6. The number of ketones is 1. The van der Waals surface area contributed by atoms with E-state index in [0.29, 0.717) is 5.78 Å². The number of carbonyl (C=O) groups is 1. The summed E-state index contributed by atoms with van der Waals surface area (Å²) in [6.07, 6.45) is 15.3. The third-order valence-corrected chi connectivity index (χ3v) is 6.61. The van der Waals surface area contributed by atoms with Crippen molar-refractivity contribution in [2.24, 2.45) is 0 Å². The van der Waals surface area contributed by atoms with Gasteiger partial charge in [-0.05, 0) is 65.0 Å². The quantitative estimate of drug-likeness (QED) is 0.428. The average Bonchev–Trinajstić information content (AvgIpc) is 2.55. The van der Waals surface area contributed by atoms with Crippen LogP contribution in [0, 0.1) is 0 Å². The summed E-state index contributed by atoms with van der Waals surface area (Å²) in [6, 6.07) is 0. The fraction of sp³-hybridized carbons (Fsp3) is 0.870. The molecule has 1 rings (SSSR count). The maximum atomic E-state index is 12.0. The highest BCUT2D eigenvalue weighted by atomic mass is 28.4. The molecule has 5 heteroatoms. The van der Waals surface area contributed by atoms with Crippen LogP contribution in [0.1, 0.15) is 89.9 Å². The monoisotopic (exact) mass is 426 g/mol. The van der Waals surface area contributed by atoms with E-state index in [1.165, 1.54) is 38.5 Å². The van der Waals surface area contributed by atoms with Crippen molar-refractivity contribution in [2.75, 3.05) is 0 Å². The zero-order valence-electron chi connectivity index (χ0n) is 19.6. The van der Waals surface area contributed by atoms with Crippen LogP contribution in [0.3, 0.4) is 0 Å². The molecule has 0 heterocycles. The van der Waals surface area contributed by atoms with Crippen molar-refractivity contribution in [3.63, 3.8) is 0 Å². The molecule has 0 bridgehead atoms. The van der Waals surface area contributed by atoms with E-state index in [1.807, 2.05) is 0 Å². The molecule has 0 unspecified atom stereocenters. The van der Waals surface area contributed by atoms with E-state index >= 15 is 0 Å². The first-order valence-corrected chi connectivity index (χ1v) is 18.5. The minimum Gasteiger partial charge on any atom is -0.545 e. The van der Waals surface area contributed by atoms with Gasteiger partial charge in [0.05, 0.1) is 0 Å². The molecule has 0 atom stereocenters. The molecular formula is C23H46O3Si2. The summed E-state index contributed by atoms with van der Waals surface area (Å²) >= 11 is 0. The molecule has 0 aromatic rings. The van der Waals surface area contributed by atoms with Gasteiger partial charge >= 0.3 is 0 Å². The van der Waals surface area contributed by atoms with Crippen LogP contribution in [0.15, 0.2) is 11.5 Å².